The van der Waals surface area contributed by atoms with Crippen LogP contribution < -0.4 is 0 Å². The van der Waals surface area contributed by atoms with E-state index in [1.165, 1.54) is 11.8 Å². The predicted molar refractivity (Wildman–Crippen MR) is 80.5 cm³/mol. The van der Waals surface area contributed by atoms with Gasteiger partial charge in [0, 0.05) is 11.9 Å². The van der Waals surface area contributed by atoms with Crippen molar-refractivity contribution in [2.45, 2.75) is 11.1 Å². The molecule has 106 valence electrons. The van der Waals surface area contributed by atoms with E-state index in [1.807, 2.05) is 59.1 Å². The summed E-state index contributed by atoms with van der Waals surface area (Å²) in [5.41, 5.74) is 1.55. The molecule has 1 atom stereocenters. The molecule has 1 N–H and O–H groups in total. The van der Waals surface area contributed by atoms with Gasteiger partial charge in [0.1, 0.15) is 0 Å². The largest absolute Gasteiger partial charge is 0.481 e. The van der Waals surface area contributed by atoms with Crippen LogP contribution in [0.3, 0.4) is 0 Å². The van der Waals surface area contributed by atoms with Gasteiger partial charge in [-0.1, -0.05) is 48.2 Å². The van der Waals surface area contributed by atoms with Gasteiger partial charge in [0.05, 0.1) is 5.92 Å². The fourth-order valence-corrected chi connectivity index (χ4v) is 3.11. The Bertz CT molecular complexity index is 758. The number of hydrogen-bond acceptors (Lipinski definition) is 4. The van der Waals surface area contributed by atoms with E-state index in [2.05, 4.69) is 10.2 Å². The van der Waals surface area contributed by atoms with Crippen molar-refractivity contribution in [3.63, 3.8) is 0 Å². The van der Waals surface area contributed by atoms with Gasteiger partial charge < -0.3 is 5.11 Å². The summed E-state index contributed by atoms with van der Waals surface area (Å²) in [5.74, 6) is -0.982. The van der Waals surface area contributed by atoms with Gasteiger partial charge in [0.15, 0.2) is 10.8 Å². The first-order chi connectivity index (χ1) is 10.3. The summed E-state index contributed by atoms with van der Waals surface area (Å²) >= 11 is 1.40. The molecule has 0 aliphatic rings. The van der Waals surface area contributed by atoms with Crippen LogP contribution in [0.5, 0.6) is 0 Å². The van der Waals surface area contributed by atoms with Crippen LogP contribution in [0.2, 0.25) is 0 Å². The van der Waals surface area contributed by atoms with Crippen molar-refractivity contribution in [1.82, 2.24) is 14.6 Å². The maximum atomic E-state index is 11.5. The lowest BCUT2D eigenvalue weighted by atomic mass is 10.0. The quantitative estimate of drug-likeness (QED) is 0.734. The van der Waals surface area contributed by atoms with Gasteiger partial charge in [-0.2, -0.15) is 0 Å². The first-order valence-corrected chi connectivity index (χ1v) is 7.44. The van der Waals surface area contributed by atoms with E-state index < -0.39 is 11.9 Å². The monoisotopic (exact) mass is 299 g/mol. The zero-order chi connectivity index (χ0) is 14.7. The molecule has 21 heavy (non-hydrogen) atoms. The lowest BCUT2D eigenvalue weighted by Crippen LogP contribution is -2.14. The van der Waals surface area contributed by atoms with Crippen LogP contribution in [-0.4, -0.2) is 31.4 Å². The molecular weight excluding hydrogens is 286 g/mol. The third-order valence-electron chi connectivity index (χ3n) is 3.16. The van der Waals surface area contributed by atoms with Crippen LogP contribution in [-0.2, 0) is 4.79 Å². The lowest BCUT2D eigenvalue weighted by molar-refractivity contribution is -0.138. The van der Waals surface area contributed by atoms with Gasteiger partial charge in [0.2, 0.25) is 0 Å². The normalized spacial score (nSPS) is 12.4. The highest BCUT2D eigenvalue weighted by atomic mass is 32.2. The van der Waals surface area contributed by atoms with Crippen molar-refractivity contribution in [1.29, 1.82) is 0 Å². The Morgan fingerprint density at radius 2 is 1.90 bits per heavy atom. The highest BCUT2D eigenvalue weighted by molar-refractivity contribution is 7.99. The van der Waals surface area contributed by atoms with Crippen LogP contribution in [0.25, 0.3) is 5.65 Å². The molecule has 1 unspecified atom stereocenters. The number of pyridine rings is 1. The molecule has 0 saturated carbocycles. The Labute approximate surface area is 125 Å². The Balaban J connectivity index is 1.80. The molecule has 1 aromatic carbocycles. The van der Waals surface area contributed by atoms with E-state index in [1.54, 1.807) is 0 Å². The number of thioether (sulfide) groups is 1. The summed E-state index contributed by atoms with van der Waals surface area (Å²) in [7, 11) is 0. The number of carboxylic acid groups (broad SMARTS) is 1. The van der Waals surface area contributed by atoms with Crippen LogP contribution in [0.15, 0.2) is 59.9 Å². The molecule has 2 heterocycles. The standard InChI is InChI=1S/C15H13N3O2S/c19-14(20)12(11-6-2-1-3-7-11)10-21-15-17-16-13-8-4-5-9-18(13)15/h1-9,12H,10H2,(H,19,20). The van der Waals surface area contributed by atoms with Gasteiger partial charge in [0.25, 0.3) is 0 Å². The van der Waals surface area contributed by atoms with Crippen LogP contribution in [0.1, 0.15) is 11.5 Å². The minimum atomic E-state index is -0.831. The molecule has 0 saturated heterocycles. The molecule has 3 rings (SSSR count). The first kappa shape index (κ1) is 13.6. The van der Waals surface area contributed by atoms with Crippen molar-refractivity contribution in [3.8, 4) is 0 Å². The summed E-state index contributed by atoms with van der Waals surface area (Å²) in [6.07, 6.45) is 1.87. The van der Waals surface area contributed by atoms with Gasteiger partial charge in [-0.25, -0.2) is 0 Å². The highest BCUT2D eigenvalue weighted by Gasteiger charge is 2.21. The number of aliphatic carboxylic acids is 1. The smallest absolute Gasteiger partial charge is 0.311 e. The van der Waals surface area contributed by atoms with E-state index in [-0.39, 0.29) is 0 Å². The van der Waals surface area contributed by atoms with E-state index in [0.29, 0.717) is 10.9 Å². The Hall–Kier alpha value is -2.34. The fraction of sp³-hybridized carbons (Fsp3) is 0.133. The molecule has 0 bridgehead atoms. The number of carboxylic acids is 1. The summed E-state index contributed by atoms with van der Waals surface area (Å²) in [6, 6.07) is 14.9. The van der Waals surface area contributed by atoms with Gasteiger partial charge in [-0.3, -0.25) is 9.20 Å². The van der Waals surface area contributed by atoms with Crippen molar-refractivity contribution in [2.75, 3.05) is 5.75 Å². The van der Waals surface area contributed by atoms with E-state index in [4.69, 9.17) is 0 Å². The molecular formula is C15H13N3O2S. The van der Waals surface area contributed by atoms with Crippen molar-refractivity contribution < 1.29 is 9.90 Å². The van der Waals surface area contributed by atoms with Crippen LogP contribution >= 0.6 is 11.8 Å². The summed E-state index contributed by atoms with van der Waals surface area (Å²) in [5, 5.41) is 18.3. The van der Waals surface area contributed by atoms with Crippen molar-refractivity contribution >= 4 is 23.4 Å². The molecule has 0 spiro atoms. The molecule has 0 amide bonds. The second kappa shape index (κ2) is 5.97. The van der Waals surface area contributed by atoms with E-state index in [9.17, 15) is 9.90 Å². The Morgan fingerprint density at radius 1 is 1.14 bits per heavy atom. The molecule has 0 radical (unpaired) electrons. The Kier molecular flexibility index (Phi) is 3.87. The summed E-state index contributed by atoms with van der Waals surface area (Å²) in [6.45, 7) is 0. The summed E-state index contributed by atoms with van der Waals surface area (Å²) in [4.78, 5) is 11.5. The number of benzene rings is 1. The van der Waals surface area contributed by atoms with E-state index in [0.717, 1.165) is 11.2 Å². The maximum Gasteiger partial charge on any atom is 0.311 e. The maximum absolute atomic E-state index is 11.5. The van der Waals surface area contributed by atoms with Crippen molar-refractivity contribution in [3.05, 3.63) is 60.3 Å². The first-order valence-electron chi connectivity index (χ1n) is 6.46. The van der Waals surface area contributed by atoms with Crippen LogP contribution in [0.4, 0.5) is 0 Å². The zero-order valence-electron chi connectivity index (χ0n) is 11.1. The molecule has 0 aliphatic heterocycles. The second-order valence-corrected chi connectivity index (χ2v) is 5.51. The van der Waals surface area contributed by atoms with Gasteiger partial charge in [-0.05, 0) is 17.7 Å². The molecule has 0 aliphatic carbocycles. The number of nitrogens with zero attached hydrogens (tertiary/aromatic N) is 3. The zero-order valence-corrected chi connectivity index (χ0v) is 11.9. The lowest BCUT2D eigenvalue weighted by Gasteiger charge is -2.11. The molecule has 0 fully saturated rings. The average Bonchev–Trinajstić information content (AvgIpc) is 2.92. The number of hydrogen-bond donors (Lipinski definition) is 1. The van der Waals surface area contributed by atoms with Crippen molar-refractivity contribution in [2.24, 2.45) is 0 Å². The SMILES string of the molecule is O=C(O)C(CSc1nnc2ccccn12)c1ccccc1. The minimum Gasteiger partial charge on any atom is -0.481 e. The van der Waals surface area contributed by atoms with Crippen LogP contribution in [0, 0.1) is 0 Å². The third-order valence-corrected chi connectivity index (χ3v) is 4.20. The number of aromatic nitrogens is 3. The Morgan fingerprint density at radius 3 is 2.67 bits per heavy atom. The molecule has 2 aromatic heterocycles. The summed E-state index contributed by atoms with van der Waals surface area (Å²) < 4.78 is 1.86. The van der Waals surface area contributed by atoms with E-state index >= 15 is 0 Å². The number of fused-ring (bicyclic) bond motifs is 1. The highest BCUT2D eigenvalue weighted by Crippen LogP contribution is 2.25. The minimum absolute atomic E-state index is 0.412. The van der Waals surface area contributed by atoms with Gasteiger partial charge >= 0.3 is 5.97 Å². The predicted octanol–water partition coefficient (Wildman–Crippen LogP) is 2.69. The fourth-order valence-electron chi connectivity index (χ4n) is 2.07. The molecule has 3 aromatic rings. The third kappa shape index (κ3) is 2.90. The average molecular weight is 299 g/mol. The number of carbonyl (C=O) groups is 1. The second-order valence-electron chi connectivity index (χ2n) is 4.52. The number of rotatable bonds is 5. The van der Waals surface area contributed by atoms with Gasteiger partial charge in [-0.15, -0.1) is 10.2 Å². The molecule has 6 heteroatoms. The topological polar surface area (TPSA) is 67.5 Å². The molecule has 5 nitrogen and oxygen atoms in total.